The monoisotopic (exact) mass is 368 g/mol. The summed E-state index contributed by atoms with van der Waals surface area (Å²) in [6.07, 6.45) is 0.540. The SMILES string of the molecule is NC(=O)N/N=C(/Cc1c(-c2ccccc2)[nH]c2ccccc12)c1ccccc1. The summed E-state index contributed by atoms with van der Waals surface area (Å²) < 4.78 is 0. The van der Waals surface area contributed by atoms with E-state index in [9.17, 15) is 4.79 Å². The van der Waals surface area contributed by atoms with Gasteiger partial charge in [-0.15, -0.1) is 0 Å². The lowest BCUT2D eigenvalue weighted by Gasteiger charge is -2.09. The maximum atomic E-state index is 11.2. The first-order valence-electron chi connectivity index (χ1n) is 9.05. The van der Waals surface area contributed by atoms with E-state index in [0.717, 1.165) is 39.0 Å². The van der Waals surface area contributed by atoms with E-state index in [1.807, 2.05) is 60.7 Å². The van der Waals surface area contributed by atoms with Crippen molar-refractivity contribution in [2.24, 2.45) is 10.8 Å². The van der Waals surface area contributed by atoms with Gasteiger partial charge in [-0.2, -0.15) is 5.10 Å². The molecule has 3 aromatic carbocycles. The van der Waals surface area contributed by atoms with Crippen LogP contribution in [-0.4, -0.2) is 16.7 Å². The molecule has 0 radical (unpaired) electrons. The molecule has 0 spiro atoms. The summed E-state index contributed by atoms with van der Waals surface area (Å²) in [4.78, 5) is 14.8. The molecule has 1 heterocycles. The van der Waals surface area contributed by atoms with Crippen LogP contribution in [0.2, 0.25) is 0 Å². The molecule has 0 aliphatic rings. The fraction of sp³-hybridized carbons (Fsp3) is 0.0435. The Hall–Kier alpha value is -3.86. The summed E-state index contributed by atoms with van der Waals surface area (Å²) >= 11 is 0. The van der Waals surface area contributed by atoms with Crippen LogP contribution in [0, 0.1) is 0 Å². The van der Waals surface area contributed by atoms with Gasteiger partial charge in [-0.1, -0.05) is 78.9 Å². The lowest BCUT2D eigenvalue weighted by atomic mass is 9.97. The highest BCUT2D eigenvalue weighted by molar-refractivity contribution is 6.05. The number of para-hydroxylation sites is 1. The lowest BCUT2D eigenvalue weighted by Crippen LogP contribution is -2.26. The number of nitrogens with one attached hydrogen (secondary N) is 2. The number of carbonyl (C=O) groups is 1. The van der Waals surface area contributed by atoms with Crippen LogP contribution < -0.4 is 11.2 Å². The molecule has 0 atom stereocenters. The largest absolute Gasteiger partial charge is 0.354 e. The number of nitrogens with zero attached hydrogens (tertiary/aromatic N) is 1. The Bertz CT molecular complexity index is 1130. The zero-order valence-corrected chi connectivity index (χ0v) is 15.2. The molecule has 4 N–H and O–H groups in total. The second kappa shape index (κ2) is 7.80. The van der Waals surface area contributed by atoms with Crippen molar-refractivity contribution in [3.05, 3.63) is 96.1 Å². The molecule has 0 saturated heterocycles. The molecule has 138 valence electrons. The molecule has 1 aromatic heterocycles. The van der Waals surface area contributed by atoms with Gasteiger partial charge in [0.2, 0.25) is 0 Å². The summed E-state index contributed by atoms with van der Waals surface area (Å²) in [6, 6.07) is 27.5. The van der Waals surface area contributed by atoms with Gasteiger partial charge in [0.25, 0.3) is 0 Å². The predicted molar refractivity (Wildman–Crippen MR) is 113 cm³/mol. The highest BCUT2D eigenvalue weighted by Crippen LogP contribution is 2.31. The molecule has 0 aliphatic heterocycles. The minimum atomic E-state index is -0.685. The van der Waals surface area contributed by atoms with Gasteiger partial charge >= 0.3 is 6.03 Å². The van der Waals surface area contributed by atoms with E-state index in [1.165, 1.54) is 0 Å². The van der Waals surface area contributed by atoms with Gasteiger partial charge in [-0.05, 0) is 22.8 Å². The number of primary amides is 1. The Kier molecular flexibility index (Phi) is 4.89. The maximum absolute atomic E-state index is 11.2. The van der Waals surface area contributed by atoms with Crippen molar-refractivity contribution >= 4 is 22.6 Å². The number of benzene rings is 3. The normalized spacial score (nSPS) is 11.5. The number of aromatic nitrogens is 1. The number of hydrogen-bond acceptors (Lipinski definition) is 2. The molecule has 4 rings (SSSR count). The number of hydrogen-bond donors (Lipinski definition) is 3. The van der Waals surface area contributed by atoms with E-state index in [2.05, 4.69) is 39.8 Å². The predicted octanol–water partition coefficient (Wildman–Crippen LogP) is 4.45. The number of fused-ring (bicyclic) bond motifs is 1. The highest BCUT2D eigenvalue weighted by atomic mass is 16.2. The molecule has 4 aromatic rings. The topological polar surface area (TPSA) is 83.3 Å². The Balaban J connectivity index is 1.85. The van der Waals surface area contributed by atoms with Crippen LogP contribution in [0.15, 0.2) is 90.0 Å². The van der Waals surface area contributed by atoms with E-state index < -0.39 is 6.03 Å². The summed E-state index contributed by atoms with van der Waals surface area (Å²) in [5, 5.41) is 5.42. The highest BCUT2D eigenvalue weighted by Gasteiger charge is 2.16. The third-order valence-electron chi connectivity index (χ3n) is 4.63. The molecule has 0 aliphatic carbocycles. The minimum Gasteiger partial charge on any atom is -0.354 e. The second-order valence-corrected chi connectivity index (χ2v) is 6.47. The van der Waals surface area contributed by atoms with E-state index in [1.54, 1.807) is 0 Å². The summed E-state index contributed by atoms with van der Waals surface area (Å²) in [5.41, 5.74) is 13.6. The number of carbonyl (C=O) groups excluding carboxylic acids is 1. The first-order chi connectivity index (χ1) is 13.7. The van der Waals surface area contributed by atoms with E-state index in [0.29, 0.717) is 6.42 Å². The van der Waals surface area contributed by atoms with Gasteiger partial charge < -0.3 is 10.7 Å². The maximum Gasteiger partial charge on any atom is 0.332 e. The Morgan fingerprint density at radius 1 is 0.893 bits per heavy atom. The third-order valence-corrected chi connectivity index (χ3v) is 4.63. The molecule has 5 nitrogen and oxygen atoms in total. The van der Waals surface area contributed by atoms with Crippen molar-refractivity contribution in [1.29, 1.82) is 0 Å². The van der Waals surface area contributed by atoms with Crippen LogP contribution in [0.25, 0.3) is 22.2 Å². The van der Waals surface area contributed by atoms with Crippen molar-refractivity contribution in [2.45, 2.75) is 6.42 Å². The summed E-state index contributed by atoms with van der Waals surface area (Å²) in [5.74, 6) is 0. The molecule has 0 unspecified atom stereocenters. The average molecular weight is 368 g/mol. The van der Waals surface area contributed by atoms with Crippen LogP contribution in [-0.2, 0) is 6.42 Å². The molecule has 28 heavy (non-hydrogen) atoms. The number of nitrogens with two attached hydrogens (primary N) is 1. The second-order valence-electron chi connectivity index (χ2n) is 6.47. The van der Waals surface area contributed by atoms with E-state index in [4.69, 9.17) is 5.73 Å². The smallest absolute Gasteiger partial charge is 0.332 e. The minimum absolute atomic E-state index is 0.540. The molecular formula is C23H20N4O. The number of amides is 2. The summed E-state index contributed by atoms with van der Waals surface area (Å²) in [6.45, 7) is 0. The zero-order valence-electron chi connectivity index (χ0n) is 15.2. The molecule has 5 heteroatoms. The number of hydrazone groups is 1. The molecular weight excluding hydrogens is 348 g/mol. The van der Waals surface area contributed by atoms with E-state index in [-0.39, 0.29) is 0 Å². The molecule has 0 bridgehead atoms. The fourth-order valence-electron chi connectivity index (χ4n) is 3.36. The first-order valence-corrected chi connectivity index (χ1v) is 9.05. The molecule has 2 amide bonds. The molecule has 0 saturated carbocycles. The van der Waals surface area contributed by atoms with Crippen LogP contribution >= 0.6 is 0 Å². The van der Waals surface area contributed by atoms with Crippen LogP contribution in [0.1, 0.15) is 11.1 Å². The lowest BCUT2D eigenvalue weighted by molar-refractivity contribution is 0.249. The van der Waals surface area contributed by atoms with Crippen molar-refractivity contribution in [2.75, 3.05) is 0 Å². The van der Waals surface area contributed by atoms with Gasteiger partial charge in [0.1, 0.15) is 0 Å². The van der Waals surface area contributed by atoms with Gasteiger partial charge in [0, 0.05) is 17.3 Å². The van der Waals surface area contributed by atoms with Gasteiger partial charge in [0.05, 0.1) is 11.4 Å². The van der Waals surface area contributed by atoms with Crippen molar-refractivity contribution < 1.29 is 4.79 Å². The Morgan fingerprint density at radius 2 is 1.54 bits per heavy atom. The fourth-order valence-corrected chi connectivity index (χ4v) is 3.36. The van der Waals surface area contributed by atoms with Crippen LogP contribution in [0.3, 0.4) is 0 Å². The van der Waals surface area contributed by atoms with Crippen molar-refractivity contribution in [1.82, 2.24) is 10.4 Å². The number of urea groups is 1. The van der Waals surface area contributed by atoms with Crippen molar-refractivity contribution in [3.8, 4) is 11.3 Å². The first kappa shape index (κ1) is 17.5. The Morgan fingerprint density at radius 3 is 2.25 bits per heavy atom. The zero-order chi connectivity index (χ0) is 19.3. The average Bonchev–Trinajstić information content (AvgIpc) is 3.10. The van der Waals surface area contributed by atoms with Gasteiger partial charge in [-0.25, -0.2) is 10.2 Å². The van der Waals surface area contributed by atoms with Crippen LogP contribution in [0.5, 0.6) is 0 Å². The van der Waals surface area contributed by atoms with Gasteiger partial charge in [-0.3, -0.25) is 0 Å². The standard InChI is InChI=1S/C23H20N4O/c24-23(28)27-26-21(16-9-3-1-4-10-16)15-19-18-13-7-8-14-20(18)25-22(19)17-11-5-2-6-12-17/h1-14,25H,15H2,(H3,24,27,28)/b26-21-. The summed E-state index contributed by atoms with van der Waals surface area (Å²) in [7, 11) is 0. The number of rotatable bonds is 5. The van der Waals surface area contributed by atoms with Crippen molar-refractivity contribution in [3.63, 3.8) is 0 Å². The van der Waals surface area contributed by atoms with E-state index >= 15 is 0 Å². The molecule has 0 fully saturated rings. The quantitative estimate of drug-likeness (QED) is 0.353. The third kappa shape index (κ3) is 3.64. The van der Waals surface area contributed by atoms with Gasteiger partial charge in [0.15, 0.2) is 0 Å². The number of aromatic amines is 1. The Labute approximate surface area is 162 Å². The number of H-pyrrole nitrogens is 1. The van der Waals surface area contributed by atoms with Crippen LogP contribution in [0.4, 0.5) is 4.79 Å².